The van der Waals surface area contributed by atoms with Gasteiger partial charge >= 0.3 is 0 Å². The van der Waals surface area contributed by atoms with Crippen LogP contribution in [0.2, 0.25) is 0 Å². The van der Waals surface area contributed by atoms with Crippen LogP contribution in [-0.2, 0) is 0 Å². The van der Waals surface area contributed by atoms with E-state index in [1.54, 1.807) is 4.57 Å². The van der Waals surface area contributed by atoms with E-state index in [4.69, 9.17) is 0 Å². The maximum Gasteiger partial charge on any atom is 0.299 e. The van der Waals surface area contributed by atoms with E-state index >= 15 is 0 Å². The van der Waals surface area contributed by atoms with Crippen LogP contribution < -0.4 is 5.56 Å². The highest BCUT2D eigenvalue weighted by Crippen LogP contribution is 2.28. The van der Waals surface area contributed by atoms with E-state index in [1.165, 1.54) is 0 Å². The highest BCUT2D eigenvalue weighted by atomic mass is 16.1. The number of fused-ring (bicyclic) bond motifs is 5. The molecule has 0 saturated heterocycles. The number of aromatic nitrogens is 3. The van der Waals surface area contributed by atoms with E-state index in [-0.39, 0.29) is 5.56 Å². The van der Waals surface area contributed by atoms with Crippen LogP contribution >= 0.6 is 0 Å². The van der Waals surface area contributed by atoms with Gasteiger partial charge in [0, 0.05) is 5.69 Å². The van der Waals surface area contributed by atoms with Gasteiger partial charge in [0.05, 0.1) is 22.1 Å². The molecule has 0 unspecified atom stereocenters. The molecule has 6 rings (SSSR count). The molecule has 142 valence electrons. The van der Waals surface area contributed by atoms with Crippen LogP contribution in [0.4, 0.5) is 0 Å². The van der Waals surface area contributed by atoms with Gasteiger partial charge in [-0.15, -0.1) is 0 Å². The quantitative estimate of drug-likeness (QED) is 0.396. The molecule has 0 radical (unpaired) electrons. The van der Waals surface area contributed by atoms with Gasteiger partial charge in [-0.2, -0.15) is 0 Å². The van der Waals surface area contributed by atoms with E-state index < -0.39 is 0 Å². The van der Waals surface area contributed by atoms with Gasteiger partial charge in [0.2, 0.25) is 5.65 Å². The van der Waals surface area contributed by atoms with Crippen LogP contribution in [0.25, 0.3) is 44.5 Å². The van der Waals surface area contributed by atoms with Crippen LogP contribution in [0, 0.1) is 0 Å². The minimum atomic E-state index is -0.130. The van der Waals surface area contributed by atoms with Gasteiger partial charge in [-0.25, -0.2) is 4.98 Å². The Balaban J connectivity index is 1.82. The standard InChI is InChI=1S/C26H17N3O/c30-26-25-27-21-13-7-8-14-22(21)29(25)23-16-15-19(18-9-3-1-4-10-18)17-24(23)28(26)20-11-5-2-6-12-20/h1-17H. The lowest BCUT2D eigenvalue weighted by molar-refractivity contribution is 1.02. The first-order valence-corrected chi connectivity index (χ1v) is 9.88. The molecule has 0 aliphatic rings. The van der Waals surface area contributed by atoms with Crippen LogP contribution in [-0.4, -0.2) is 14.0 Å². The third kappa shape index (κ3) is 2.40. The Kier molecular flexibility index (Phi) is 3.59. The number of rotatable bonds is 2. The van der Waals surface area contributed by atoms with Gasteiger partial charge in [0.25, 0.3) is 5.56 Å². The Morgan fingerprint density at radius 1 is 0.600 bits per heavy atom. The van der Waals surface area contributed by atoms with Crippen LogP contribution in [0.3, 0.4) is 0 Å². The van der Waals surface area contributed by atoms with Gasteiger partial charge in [-0.3, -0.25) is 13.8 Å². The predicted molar refractivity (Wildman–Crippen MR) is 121 cm³/mol. The Hall–Kier alpha value is -4.18. The zero-order chi connectivity index (χ0) is 20.1. The summed E-state index contributed by atoms with van der Waals surface area (Å²) in [4.78, 5) is 18.3. The first-order chi connectivity index (χ1) is 14.8. The Morgan fingerprint density at radius 3 is 2.10 bits per heavy atom. The Bertz CT molecular complexity index is 1600. The number of benzene rings is 4. The fourth-order valence-electron chi connectivity index (χ4n) is 4.16. The molecule has 0 amide bonds. The number of nitrogens with zero attached hydrogens (tertiary/aromatic N) is 3. The largest absolute Gasteiger partial charge is 0.299 e. The molecule has 30 heavy (non-hydrogen) atoms. The summed E-state index contributed by atoms with van der Waals surface area (Å²) in [5.41, 5.74) is 6.85. The van der Waals surface area contributed by atoms with E-state index in [0.717, 1.165) is 38.9 Å². The lowest BCUT2D eigenvalue weighted by atomic mass is 10.0. The summed E-state index contributed by atoms with van der Waals surface area (Å²) in [5.74, 6) is 0. The topological polar surface area (TPSA) is 39.3 Å². The first-order valence-electron chi connectivity index (χ1n) is 9.88. The van der Waals surface area contributed by atoms with E-state index in [9.17, 15) is 4.79 Å². The molecule has 0 aliphatic carbocycles. The average molecular weight is 387 g/mol. The zero-order valence-electron chi connectivity index (χ0n) is 16.1. The molecule has 0 atom stereocenters. The second-order valence-electron chi connectivity index (χ2n) is 7.31. The first kappa shape index (κ1) is 16.7. The fraction of sp³-hybridized carbons (Fsp3) is 0. The molecular weight excluding hydrogens is 370 g/mol. The maximum absolute atomic E-state index is 13.6. The molecule has 2 aromatic heterocycles. The number of imidazole rings is 1. The molecule has 0 N–H and O–H groups in total. The molecule has 0 spiro atoms. The van der Waals surface area contributed by atoms with Crippen molar-refractivity contribution < 1.29 is 0 Å². The molecule has 0 aliphatic heterocycles. The highest BCUT2D eigenvalue weighted by molar-refractivity contribution is 5.91. The summed E-state index contributed by atoms with van der Waals surface area (Å²) in [6, 6.07) is 34.1. The van der Waals surface area contributed by atoms with Gasteiger partial charge in [-0.1, -0.05) is 66.7 Å². The van der Waals surface area contributed by atoms with Crippen molar-refractivity contribution in [2.24, 2.45) is 0 Å². The molecule has 2 heterocycles. The smallest absolute Gasteiger partial charge is 0.286 e. The van der Waals surface area contributed by atoms with E-state index in [2.05, 4.69) is 35.3 Å². The van der Waals surface area contributed by atoms with Gasteiger partial charge in [0.1, 0.15) is 0 Å². The number of para-hydroxylation sites is 3. The Labute approximate surface area is 172 Å². The number of hydrogen-bond donors (Lipinski definition) is 0. The summed E-state index contributed by atoms with van der Waals surface area (Å²) < 4.78 is 3.74. The lowest BCUT2D eigenvalue weighted by Crippen LogP contribution is -2.21. The van der Waals surface area contributed by atoms with Crippen molar-refractivity contribution in [3.8, 4) is 16.8 Å². The molecule has 0 bridgehead atoms. The van der Waals surface area contributed by atoms with Crippen molar-refractivity contribution in [1.82, 2.24) is 14.0 Å². The second-order valence-corrected chi connectivity index (χ2v) is 7.31. The third-order valence-corrected chi connectivity index (χ3v) is 5.53. The van der Waals surface area contributed by atoms with E-state index in [0.29, 0.717) is 5.65 Å². The van der Waals surface area contributed by atoms with Gasteiger partial charge in [0.15, 0.2) is 0 Å². The highest BCUT2D eigenvalue weighted by Gasteiger charge is 2.17. The van der Waals surface area contributed by atoms with Crippen LogP contribution in [0.1, 0.15) is 0 Å². The lowest BCUT2D eigenvalue weighted by Gasteiger charge is -2.14. The third-order valence-electron chi connectivity index (χ3n) is 5.53. The summed E-state index contributed by atoms with van der Waals surface area (Å²) in [5, 5.41) is 0. The maximum atomic E-state index is 13.6. The fourth-order valence-corrected chi connectivity index (χ4v) is 4.16. The minimum absolute atomic E-state index is 0.130. The van der Waals surface area contributed by atoms with Crippen molar-refractivity contribution in [2.45, 2.75) is 0 Å². The summed E-state index contributed by atoms with van der Waals surface area (Å²) in [6.45, 7) is 0. The summed E-state index contributed by atoms with van der Waals surface area (Å²) in [6.07, 6.45) is 0. The SMILES string of the molecule is O=c1c2nc3ccccc3n2c2ccc(-c3ccccc3)cc2n1-c1ccccc1. The van der Waals surface area contributed by atoms with Gasteiger partial charge < -0.3 is 0 Å². The molecule has 0 saturated carbocycles. The average Bonchev–Trinajstić information content (AvgIpc) is 3.20. The molecule has 4 heteroatoms. The molecule has 0 fully saturated rings. The minimum Gasteiger partial charge on any atom is -0.286 e. The normalized spacial score (nSPS) is 11.5. The van der Waals surface area contributed by atoms with E-state index in [1.807, 2.05) is 77.2 Å². The van der Waals surface area contributed by atoms with Crippen molar-refractivity contribution in [3.63, 3.8) is 0 Å². The molecular formula is C26H17N3O. The van der Waals surface area contributed by atoms with Crippen LogP contribution in [0.5, 0.6) is 0 Å². The number of hydrogen-bond acceptors (Lipinski definition) is 2. The molecule has 4 aromatic carbocycles. The van der Waals surface area contributed by atoms with Crippen molar-refractivity contribution in [2.75, 3.05) is 0 Å². The second kappa shape index (κ2) is 6.42. The molecule has 6 aromatic rings. The summed E-state index contributed by atoms with van der Waals surface area (Å²) >= 11 is 0. The monoisotopic (exact) mass is 387 g/mol. The Morgan fingerprint density at radius 2 is 1.30 bits per heavy atom. The zero-order valence-corrected chi connectivity index (χ0v) is 16.1. The molecule has 4 nitrogen and oxygen atoms in total. The van der Waals surface area contributed by atoms with Crippen molar-refractivity contribution in [1.29, 1.82) is 0 Å². The predicted octanol–water partition coefficient (Wildman–Crippen LogP) is 5.46. The van der Waals surface area contributed by atoms with Gasteiger partial charge in [-0.05, 0) is 47.5 Å². The van der Waals surface area contributed by atoms with Crippen molar-refractivity contribution in [3.05, 3.63) is 113 Å². The van der Waals surface area contributed by atoms with Crippen molar-refractivity contribution >= 4 is 27.7 Å². The van der Waals surface area contributed by atoms with Crippen LogP contribution in [0.15, 0.2) is 108 Å². The summed E-state index contributed by atoms with van der Waals surface area (Å²) in [7, 11) is 0.